The highest BCUT2D eigenvalue weighted by molar-refractivity contribution is 6.07. The highest BCUT2D eigenvalue weighted by Gasteiger charge is 2.19. The molecule has 0 aliphatic rings. The Balaban J connectivity index is 2.31. The van der Waals surface area contributed by atoms with Gasteiger partial charge >= 0.3 is 0 Å². The van der Waals surface area contributed by atoms with Gasteiger partial charge in [-0.2, -0.15) is 0 Å². The van der Waals surface area contributed by atoms with Gasteiger partial charge in [0.15, 0.2) is 0 Å². The van der Waals surface area contributed by atoms with Crippen molar-refractivity contribution < 1.29 is 9.59 Å². The van der Waals surface area contributed by atoms with Crippen LogP contribution in [0.15, 0.2) is 30.5 Å². The van der Waals surface area contributed by atoms with Crippen LogP contribution in [0.2, 0.25) is 0 Å². The van der Waals surface area contributed by atoms with E-state index in [0.29, 0.717) is 12.1 Å². The van der Waals surface area contributed by atoms with E-state index in [1.165, 1.54) is 0 Å². The summed E-state index contributed by atoms with van der Waals surface area (Å²) < 4.78 is 0. The highest BCUT2D eigenvalue weighted by atomic mass is 16.2. The predicted molar refractivity (Wildman–Crippen MR) is 78.6 cm³/mol. The van der Waals surface area contributed by atoms with Gasteiger partial charge in [-0.3, -0.25) is 9.59 Å². The lowest BCUT2D eigenvalue weighted by atomic mass is 10.1. The molecule has 0 bridgehead atoms. The van der Waals surface area contributed by atoms with E-state index in [0.717, 1.165) is 17.3 Å². The summed E-state index contributed by atoms with van der Waals surface area (Å²) in [5, 5.41) is 3.44. The molecule has 106 valence electrons. The SMILES string of the molecule is CCCN(CC(=O)NC)C(=O)c1cccc2[nH]ccc12. The number of fused-ring (bicyclic) bond motifs is 1. The summed E-state index contributed by atoms with van der Waals surface area (Å²) >= 11 is 0. The van der Waals surface area contributed by atoms with Crippen molar-refractivity contribution in [3.8, 4) is 0 Å². The van der Waals surface area contributed by atoms with E-state index in [1.54, 1.807) is 18.0 Å². The number of nitrogens with zero attached hydrogens (tertiary/aromatic N) is 1. The summed E-state index contributed by atoms with van der Waals surface area (Å²) in [6, 6.07) is 7.45. The van der Waals surface area contributed by atoms with Crippen molar-refractivity contribution in [2.75, 3.05) is 20.1 Å². The molecular weight excluding hydrogens is 254 g/mol. The molecule has 5 heteroatoms. The molecule has 0 atom stereocenters. The van der Waals surface area contributed by atoms with Crippen molar-refractivity contribution in [2.24, 2.45) is 0 Å². The summed E-state index contributed by atoms with van der Waals surface area (Å²) in [4.78, 5) is 28.8. The van der Waals surface area contributed by atoms with Crippen molar-refractivity contribution >= 4 is 22.7 Å². The van der Waals surface area contributed by atoms with Crippen molar-refractivity contribution in [1.82, 2.24) is 15.2 Å². The van der Waals surface area contributed by atoms with Crippen LogP contribution >= 0.6 is 0 Å². The molecule has 20 heavy (non-hydrogen) atoms. The van der Waals surface area contributed by atoms with Gasteiger partial charge in [0.2, 0.25) is 5.91 Å². The maximum Gasteiger partial charge on any atom is 0.255 e. The Kier molecular flexibility index (Phi) is 4.40. The second-order valence-electron chi connectivity index (χ2n) is 4.64. The Morgan fingerprint density at radius 1 is 1.30 bits per heavy atom. The zero-order chi connectivity index (χ0) is 14.5. The van der Waals surface area contributed by atoms with E-state index in [-0.39, 0.29) is 18.4 Å². The molecule has 0 fully saturated rings. The lowest BCUT2D eigenvalue weighted by Crippen LogP contribution is -2.40. The molecule has 0 saturated carbocycles. The molecule has 0 radical (unpaired) electrons. The molecule has 0 unspecified atom stereocenters. The Labute approximate surface area is 118 Å². The molecule has 5 nitrogen and oxygen atoms in total. The van der Waals surface area contributed by atoms with E-state index >= 15 is 0 Å². The van der Waals surface area contributed by atoms with E-state index in [4.69, 9.17) is 0 Å². The van der Waals surface area contributed by atoms with Crippen LogP contribution in [0.4, 0.5) is 0 Å². The lowest BCUT2D eigenvalue weighted by molar-refractivity contribution is -0.121. The number of carbonyl (C=O) groups is 2. The number of carbonyl (C=O) groups excluding carboxylic acids is 2. The first-order valence-corrected chi connectivity index (χ1v) is 6.73. The molecule has 2 rings (SSSR count). The molecule has 0 saturated heterocycles. The van der Waals surface area contributed by atoms with E-state index < -0.39 is 0 Å². The van der Waals surface area contributed by atoms with Gasteiger partial charge in [0.05, 0.1) is 6.54 Å². The van der Waals surface area contributed by atoms with Crippen LogP contribution in [0, 0.1) is 0 Å². The van der Waals surface area contributed by atoms with Crippen LogP contribution in [-0.2, 0) is 4.79 Å². The van der Waals surface area contributed by atoms with Gasteiger partial charge in [-0.1, -0.05) is 13.0 Å². The van der Waals surface area contributed by atoms with Gasteiger partial charge in [0.1, 0.15) is 0 Å². The average molecular weight is 273 g/mol. The molecule has 1 aromatic carbocycles. The summed E-state index contributed by atoms with van der Waals surface area (Å²) in [7, 11) is 1.57. The molecule has 2 N–H and O–H groups in total. The van der Waals surface area contributed by atoms with E-state index in [9.17, 15) is 9.59 Å². The van der Waals surface area contributed by atoms with Crippen molar-refractivity contribution in [1.29, 1.82) is 0 Å². The van der Waals surface area contributed by atoms with E-state index in [2.05, 4.69) is 10.3 Å². The number of aromatic nitrogens is 1. The summed E-state index contributed by atoms with van der Waals surface area (Å²) in [6.07, 6.45) is 2.62. The number of rotatable bonds is 5. The Morgan fingerprint density at radius 3 is 2.80 bits per heavy atom. The third kappa shape index (κ3) is 2.82. The topological polar surface area (TPSA) is 65.2 Å². The normalized spacial score (nSPS) is 10.5. The molecule has 0 aliphatic heterocycles. The standard InChI is InChI=1S/C15H19N3O2/c1-3-9-18(10-14(19)16-2)15(20)12-5-4-6-13-11(12)7-8-17-13/h4-8,17H,3,9-10H2,1-2H3,(H,16,19). The van der Waals surface area contributed by atoms with Crippen molar-refractivity contribution in [3.63, 3.8) is 0 Å². The number of hydrogen-bond acceptors (Lipinski definition) is 2. The number of benzene rings is 1. The molecule has 0 spiro atoms. The zero-order valence-corrected chi connectivity index (χ0v) is 11.8. The van der Waals surface area contributed by atoms with Crippen LogP contribution in [-0.4, -0.2) is 41.8 Å². The maximum absolute atomic E-state index is 12.6. The Morgan fingerprint density at radius 2 is 2.10 bits per heavy atom. The number of amides is 2. The largest absolute Gasteiger partial charge is 0.361 e. The summed E-state index contributed by atoms with van der Waals surface area (Å²) in [5.74, 6) is -0.270. The zero-order valence-electron chi connectivity index (χ0n) is 11.8. The van der Waals surface area contributed by atoms with E-state index in [1.807, 2.05) is 31.3 Å². The fourth-order valence-corrected chi connectivity index (χ4v) is 2.22. The molecule has 2 aromatic rings. The van der Waals surface area contributed by atoms with Gasteiger partial charge in [-0.25, -0.2) is 0 Å². The molecule has 2 amide bonds. The molecular formula is C15H19N3O2. The van der Waals surface area contributed by atoms with Crippen molar-refractivity contribution in [3.05, 3.63) is 36.0 Å². The minimum atomic E-state index is -0.159. The van der Waals surface area contributed by atoms with Gasteiger partial charge in [0.25, 0.3) is 5.91 Å². The van der Waals surface area contributed by atoms with Crippen LogP contribution in [0.3, 0.4) is 0 Å². The molecule has 1 heterocycles. The first-order valence-electron chi connectivity index (χ1n) is 6.73. The summed E-state index contributed by atoms with van der Waals surface area (Å²) in [5.41, 5.74) is 1.55. The second kappa shape index (κ2) is 6.23. The van der Waals surface area contributed by atoms with Crippen molar-refractivity contribution in [2.45, 2.75) is 13.3 Å². The third-order valence-corrected chi connectivity index (χ3v) is 3.22. The fourth-order valence-electron chi connectivity index (χ4n) is 2.22. The molecule has 1 aromatic heterocycles. The van der Waals surface area contributed by atoms with Crippen LogP contribution in [0.1, 0.15) is 23.7 Å². The lowest BCUT2D eigenvalue weighted by Gasteiger charge is -2.21. The fraction of sp³-hybridized carbons (Fsp3) is 0.333. The Hall–Kier alpha value is -2.30. The molecule has 0 aliphatic carbocycles. The number of likely N-dealkylation sites (N-methyl/N-ethyl adjacent to an activating group) is 1. The first-order chi connectivity index (χ1) is 9.67. The number of hydrogen-bond donors (Lipinski definition) is 2. The predicted octanol–water partition coefficient (Wildman–Crippen LogP) is 1.77. The highest BCUT2D eigenvalue weighted by Crippen LogP contribution is 2.19. The quantitative estimate of drug-likeness (QED) is 0.872. The smallest absolute Gasteiger partial charge is 0.255 e. The summed E-state index contributed by atoms with van der Waals surface area (Å²) in [6.45, 7) is 2.64. The Bertz CT molecular complexity index is 618. The van der Waals surface area contributed by atoms with Crippen LogP contribution < -0.4 is 5.32 Å². The average Bonchev–Trinajstić information content (AvgIpc) is 2.94. The van der Waals surface area contributed by atoms with Gasteiger partial charge in [-0.05, 0) is 24.6 Å². The monoisotopic (exact) mass is 273 g/mol. The van der Waals surface area contributed by atoms with Gasteiger partial charge < -0.3 is 15.2 Å². The number of aromatic amines is 1. The first kappa shape index (κ1) is 14.1. The van der Waals surface area contributed by atoms with Gasteiger partial charge in [0, 0.05) is 36.3 Å². The van der Waals surface area contributed by atoms with Crippen LogP contribution in [0.25, 0.3) is 10.9 Å². The minimum absolute atomic E-state index is 0.0873. The second-order valence-corrected chi connectivity index (χ2v) is 4.64. The third-order valence-electron chi connectivity index (χ3n) is 3.22. The maximum atomic E-state index is 12.6. The number of H-pyrrole nitrogens is 1. The minimum Gasteiger partial charge on any atom is -0.361 e. The van der Waals surface area contributed by atoms with Gasteiger partial charge in [-0.15, -0.1) is 0 Å². The van der Waals surface area contributed by atoms with Crippen LogP contribution in [0.5, 0.6) is 0 Å². The number of nitrogens with one attached hydrogen (secondary N) is 2.